The van der Waals surface area contributed by atoms with Crippen LogP contribution in [-0.2, 0) is 18.8 Å². The molecule has 4 aromatic rings. The van der Waals surface area contributed by atoms with E-state index in [1.54, 1.807) is 0 Å². The second-order valence-corrected chi connectivity index (χ2v) is 8.07. The van der Waals surface area contributed by atoms with E-state index < -0.39 is 5.63 Å². The molecule has 0 N–H and O–H groups in total. The number of nitrogens with zero attached hydrogens (tertiary/aromatic N) is 2. The zero-order valence-corrected chi connectivity index (χ0v) is 18.0. The fourth-order valence-corrected chi connectivity index (χ4v) is 4.02. The summed E-state index contributed by atoms with van der Waals surface area (Å²) < 4.78 is 16.6. The van der Waals surface area contributed by atoms with Crippen LogP contribution in [0.1, 0.15) is 29.5 Å². The van der Waals surface area contributed by atoms with Crippen molar-refractivity contribution >= 4 is 34.3 Å². The minimum atomic E-state index is -0.403. The van der Waals surface area contributed by atoms with Crippen LogP contribution in [0.15, 0.2) is 61.3 Å². The summed E-state index contributed by atoms with van der Waals surface area (Å²) >= 11 is 7.69. The van der Waals surface area contributed by atoms with E-state index in [0.29, 0.717) is 27.5 Å². The Hall–Kier alpha value is -2.77. The van der Waals surface area contributed by atoms with Gasteiger partial charge < -0.3 is 13.6 Å². The lowest BCUT2D eigenvalue weighted by Crippen LogP contribution is -2.00. The molecular weight excluding hydrogens is 424 g/mol. The highest BCUT2D eigenvalue weighted by molar-refractivity contribution is 7.98. The fraction of sp³-hybridized carbons (Fsp3) is 0.227. The van der Waals surface area contributed by atoms with Gasteiger partial charge in [-0.2, -0.15) is 0 Å². The maximum atomic E-state index is 12.0. The van der Waals surface area contributed by atoms with Crippen LogP contribution in [0.3, 0.4) is 0 Å². The standard InChI is InChI=1S/C22H19ClN2O4S/c1-3-14-8-19-17(10-18(14)23)15(9-21(26)28-19)12-30-22-25-24-20(29-22)11-27-16-6-4-13(2)5-7-16/h4-10H,3,11-12H2,1-2H3. The molecule has 2 aromatic heterocycles. The molecule has 0 aliphatic rings. The van der Waals surface area contributed by atoms with Gasteiger partial charge in [-0.3, -0.25) is 0 Å². The minimum absolute atomic E-state index is 0.184. The number of thioether (sulfide) groups is 1. The topological polar surface area (TPSA) is 78.4 Å². The van der Waals surface area contributed by atoms with Crippen molar-refractivity contribution in [1.29, 1.82) is 0 Å². The van der Waals surface area contributed by atoms with Gasteiger partial charge in [-0.1, -0.05) is 48.0 Å². The number of ether oxygens (including phenoxy) is 1. The van der Waals surface area contributed by atoms with Crippen molar-refractivity contribution in [2.24, 2.45) is 0 Å². The molecule has 0 aliphatic carbocycles. The molecule has 30 heavy (non-hydrogen) atoms. The Labute approximate surface area is 182 Å². The molecule has 0 fully saturated rings. The zero-order valence-electron chi connectivity index (χ0n) is 16.5. The first kappa shape index (κ1) is 20.5. The van der Waals surface area contributed by atoms with E-state index in [1.165, 1.54) is 17.8 Å². The molecule has 0 amide bonds. The highest BCUT2D eigenvalue weighted by Crippen LogP contribution is 2.30. The Morgan fingerprint density at radius 3 is 2.63 bits per heavy atom. The average Bonchev–Trinajstić information content (AvgIpc) is 3.19. The van der Waals surface area contributed by atoms with Crippen LogP contribution in [0.4, 0.5) is 0 Å². The molecule has 2 heterocycles. The number of aromatic nitrogens is 2. The average molecular weight is 443 g/mol. The maximum absolute atomic E-state index is 12.0. The molecule has 0 saturated carbocycles. The maximum Gasteiger partial charge on any atom is 0.336 e. The third-order valence-corrected chi connectivity index (χ3v) is 5.78. The summed E-state index contributed by atoms with van der Waals surface area (Å²) in [6.45, 7) is 4.20. The molecule has 6 nitrogen and oxygen atoms in total. The molecule has 0 radical (unpaired) electrons. The Kier molecular flexibility index (Phi) is 6.11. The molecule has 2 aromatic carbocycles. The van der Waals surface area contributed by atoms with E-state index >= 15 is 0 Å². The van der Waals surface area contributed by atoms with E-state index in [1.807, 2.05) is 50.2 Å². The Balaban J connectivity index is 1.46. The third-order valence-electron chi connectivity index (χ3n) is 4.56. The molecule has 0 unspecified atom stereocenters. The van der Waals surface area contributed by atoms with Crippen LogP contribution in [0.25, 0.3) is 11.0 Å². The van der Waals surface area contributed by atoms with Gasteiger partial charge in [-0.15, -0.1) is 10.2 Å². The smallest absolute Gasteiger partial charge is 0.336 e. The van der Waals surface area contributed by atoms with Crippen molar-refractivity contribution in [3.63, 3.8) is 0 Å². The van der Waals surface area contributed by atoms with Gasteiger partial charge in [0, 0.05) is 22.2 Å². The van der Waals surface area contributed by atoms with Gasteiger partial charge in [0.25, 0.3) is 11.1 Å². The molecule has 154 valence electrons. The quantitative estimate of drug-likeness (QED) is 0.273. The first-order chi connectivity index (χ1) is 14.5. The van der Waals surface area contributed by atoms with Crippen LogP contribution in [0, 0.1) is 6.92 Å². The summed E-state index contributed by atoms with van der Waals surface area (Å²) in [5.41, 5.74) is 3.02. The number of benzene rings is 2. The summed E-state index contributed by atoms with van der Waals surface area (Å²) in [5, 5.41) is 9.91. The number of halogens is 1. The molecule has 0 atom stereocenters. The Bertz CT molecular complexity index is 1230. The monoisotopic (exact) mass is 442 g/mol. The molecule has 0 saturated heterocycles. The Morgan fingerprint density at radius 1 is 1.07 bits per heavy atom. The summed E-state index contributed by atoms with van der Waals surface area (Å²) in [6.07, 6.45) is 0.757. The lowest BCUT2D eigenvalue weighted by Gasteiger charge is -2.07. The number of aryl methyl sites for hydroxylation is 2. The molecular formula is C22H19ClN2O4S. The van der Waals surface area contributed by atoms with Gasteiger partial charge in [0.05, 0.1) is 0 Å². The van der Waals surface area contributed by atoms with Crippen molar-refractivity contribution in [2.75, 3.05) is 0 Å². The first-order valence-electron chi connectivity index (χ1n) is 9.41. The van der Waals surface area contributed by atoms with Crippen molar-refractivity contribution in [1.82, 2.24) is 10.2 Å². The van der Waals surface area contributed by atoms with Gasteiger partial charge in [-0.25, -0.2) is 4.79 Å². The predicted octanol–water partition coefficient (Wildman–Crippen LogP) is 5.57. The highest BCUT2D eigenvalue weighted by atomic mass is 35.5. The summed E-state index contributed by atoms with van der Waals surface area (Å²) in [4.78, 5) is 12.0. The second-order valence-electron chi connectivity index (χ2n) is 6.74. The number of fused-ring (bicyclic) bond motifs is 1. The molecule has 4 rings (SSSR count). The van der Waals surface area contributed by atoms with Crippen LogP contribution >= 0.6 is 23.4 Å². The lowest BCUT2D eigenvalue weighted by molar-refractivity contribution is 0.252. The fourth-order valence-electron chi connectivity index (χ4n) is 2.95. The van der Waals surface area contributed by atoms with Gasteiger partial charge in [0.1, 0.15) is 11.3 Å². The van der Waals surface area contributed by atoms with E-state index in [2.05, 4.69) is 10.2 Å². The summed E-state index contributed by atoms with van der Waals surface area (Å²) in [6, 6.07) is 12.9. The molecule has 0 bridgehead atoms. The molecule has 0 spiro atoms. The van der Waals surface area contributed by atoms with E-state index in [4.69, 9.17) is 25.2 Å². The van der Waals surface area contributed by atoms with E-state index in [0.717, 1.165) is 34.2 Å². The normalized spacial score (nSPS) is 11.2. The lowest BCUT2D eigenvalue weighted by atomic mass is 10.1. The minimum Gasteiger partial charge on any atom is -0.484 e. The SMILES string of the molecule is CCc1cc2oc(=O)cc(CSc3nnc(COc4ccc(C)cc4)o3)c2cc1Cl. The van der Waals surface area contributed by atoms with E-state index in [9.17, 15) is 4.79 Å². The van der Waals surface area contributed by atoms with Crippen molar-refractivity contribution in [3.8, 4) is 5.75 Å². The zero-order chi connectivity index (χ0) is 21.1. The van der Waals surface area contributed by atoms with Crippen LogP contribution in [0.5, 0.6) is 5.75 Å². The highest BCUT2D eigenvalue weighted by Gasteiger charge is 2.13. The number of hydrogen-bond donors (Lipinski definition) is 0. The number of rotatable bonds is 7. The largest absolute Gasteiger partial charge is 0.484 e. The van der Waals surface area contributed by atoms with Crippen LogP contribution in [0.2, 0.25) is 5.02 Å². The van der Waals surface area contributed by atoms with Gasteiger partial charge >= 0.3 is 5.63 Å². The number of hydrogen-bond acceptors (Lipinski definition) is 7. The van der Waals surface area contributed by atoms with Crippen LogP contribution < -0.4 is 10.4 Å². The molecule has 8 heteroatoms. The van der Waals surface area contributed by atoms with Gasteiger partial charge in [0.15, 0.2) is 6.61 Å². The van der Waals surface area contributed by atoms with Crippen LogP contribution in [-0.4, -0.2) is 10.2 Å². The van der Waals surface area contributed by atoms with Crippen molar-refractivity contribution in [3.05, 3.63) is 80.5 Å². The molecule has 0 aliphatic heterocycles. The summed E-state index contributed by atoms with van der Waals surface area (Å²) in [5.74, 6) is 1.58. The van der Waals surface area contributed by atoms with Gasteiger partial charge in [-0.05, 0) is 48.7 Å². The predicted molar refractivity (Wildman–Crippen MR) is 116 cm³/mol. The summed E-state index contributed by atoms with van der Waals surface area (Å²) in [7, 11) is 0. The second kappa shape index (κ2) is 8.93. The van der Waals surface area contributed by atoms with E-state index in [-0.39, 0.29) is 6.61 Å². The Morgan fingerprint density at radius 2 is 1.87 bits per heavy atom. The van der Waals surface area contributed by atoms with Crippen molar-refractivity contribution in [2.45, 2.75) is 37.9 Å². The first-order valence-corrected chi connectivity index (χ1v) is 10.8. The van der Waals surface area contributed by atoms with Gasteiger partial charge in [0.2, 0.25) is 0 Å². The van der Waals surface area contributed by atoms with Crippen molar-refractivity contribution < 1.29 is 13.6 Å². The third kappa shape index (κ3) is 4.68.